The van der Waals surface area contributed by atoms with Crippen LogP contribution in [0, 0.1) is 13.8 Å². The van der Waals surface area contributed by atoms with Crippen LogP contribution in [0.3, 0.4) is 0 Å². The molecule has 0 aliphatic rings. The van der Waals surface area contributed by atoms with Crippen LogP contribution < -0.4 is 11.0 Å². The van der Waals surface area contributed by atoms with Gasteiger partial charge in [0, 0.05) is 12.4 Å². The number of aryl methyl sites for hydroxylation is 2. The first kappa shape index (κ1) is 16.5. The summed E-state index contributed by atoms with van der Waals surface area (Å²) in [5.74, 6) is -0.411. The van der Waals surface area contributed by atoms with Crippen LogP contribution in [0.5, 0.6) is 0 Å². The summed E-state index contributed by atoms with van der Waals surface area (Å²) in [6.07, 6.45) is 4.62. The lowest BCUT2D eigenvalue weighted by atomic mass is 10.1. The molecule has 0 saturated carbocycles. The first-order chi connectivity index (χ1) is 12.0. The molecule has 126 valence electrons. The van der Waals surface area contributed by atoms with Gasteiger partial charge in [-0.15, -0.1) is 0 Å². The van der Waals surface area contributed by atoms with Gasteiger partial charge in [0.15, 0.2) is 0 Å². The monoisotopic (exact) mass is 335 g/mol. The number of amides is 1. The number of benzene rings is 1. The smallest absolute Gasteiger partial charge is 0.270 e. The normalized spacial score (nSPS) is 11.1. The van der Waals surface area contributed by atoms with Crippen LogP contribution >= 0.6 is 0 Å². The minimum absolute atomic E-state index is 0.147. The fourth-order valence-electron chi connectivity index (χ4n) is 2.32. The van der Waals surface area contributed by atoms with Crippen LogP contribution in [-0.2, 0) is 11.2 Å². The maximum atomic E-state index is 12.1. The summed E-state index contributed by atoms with van der Waals surface area (Å²) in [5, 5.41) is 3.86. The van der Waals surface area contributed by atoms with E-state index < -0.39 is 5.91 Å². The Morgan fingerprint density at radius 1 is 1.24 bits per heavy atom. The third kappa shape index (κ3) is 3.95. The molecule has 3 aromatic rings. The molecule has 0 fully saturated rings. The lowest BCUT2D eigenvalue weighted by Gasteiger charge is -2.05. The van der Waals surface area contributed by atoms with Gasteiger partial charge in [-0.05, 0) is 54.8 Å². The number of nitrogens with one attached hydrogen (secondary N) is 2. The Morgan fingerprint density at radius 2 is 1.96 bits per heavy atom. The number of carbonyl (C=O) groups is 1. The van der Waals surface area contributed by atoms with E-state index in [0.29, 0.717) is 11.0 Å². The highest BCUT2D eigenvalue weighted by Crippen LogP contribution is 2.14. The summed E-state index contributed by atoms with van der Waals surface area (Å²) in [7, 11) is 0. The van der Waals surface area contributed by atoms with Crippen molar-refractivity contribution >= 4 is 23.2 Å². The molecule has 0 radical (unpaired) electrons. The van der Waals surface area contributed by atoms with E-state index in [1.54, 1.807) is 24.5 Å². The number of hydrazone groups is 1. The van der Waals surface area contributed by atoms with Gasteiger partial charge in [-0.1, -0.05) is 0 Å². The topological polar surface area (TPSA) is 100 Å². The first-order valence-corrected chi connectivity index (χ1v) is 7.75. The number of nitrogens with zero attached hydrogens (tertiary/aromatic N) is 3. The van der Waals surface area contributed by atoms with E-state index in [4.69, 9.17) is 0 Å². The maximum absolute atomic E-state index is 12.1. The fourth-order valence-corrected chi connectivity index (χ4v) is 2.32. The summed E-state index contributed by atoms with van der Waals surface area (Å²) in [5.41, 5.74) is 6.45. The second-order valence-corrected chi connectivity index (χ2v) is 5.72. The van der Waals surface area contributed by atoms with Crippen LogP contribution in [0.1, 0.15) is 22.4 Å². The highest BCUT2D eigenvalue weighted by Gasteiger charge is 2.10. The molecule has 7 nitrogen and oxygen atoms in total. The van der Waals surface area contributed by atoms with E-state index in [2.05, 4.69) is 25.5 Å². The van der Waals surface area contributed by atoms with Gasteiger partial charge in [-0.2, -0.15) is 5.10 Å². The zero-order valence-corrected chi connectivity index (χ0v) is 13.9. The number of rotatable bonds is 4. The molecule has 7 heteroatoms. The molecule has 3 rings (SSSR count). The Hall–Kier alpha value is -3.35. The predicted octanol–water partition coefficient (Wildman–Crippen LogP) is 1.63. The standard InChI is InChI=1S/C18H17N5O2/c1-11-7-14-15(8-12(11)2)22-18(25)16(21-14)9-17(24)23-20-10-13-3-5-19-6-4-13/h3-8,10H,9H2,1-2H3,(H,22,25)(H,23,24)/b20-10-. The van der Waals surface area contributed by atoms with E-state index >= 15 is 0 Å². The molecule has 2 aromatic heterocycles. The number of fused-ring (bicyclic) bond motifs is 1. The van der Waals surface area contributed by atoms with Gasteiger partial charge in [0.1, 0.15) is 5.69 Å². The SMILES string of the molecule is Cc1cc2nc(CC(=O)N/N=C\c3ccncc3)c(=O)[nH]c2cc1C. The van der Waals surface area contributed by atoms with Crippen LogP contribution in [-0.4, -0.2) is 27.1 Å². The number of H-pyrrole nitrogens is 1. The molecule has 0 aliphatic heterocycles. The average molecular weight is 335 g/mol. The fraction of sp³-hybridized carbons (Fsp3) is 0.167. The molecule has 2 N–H and O–H groups in total. The third-order valence-corrected chi connectivity index (χ3v) is 3.81. The highest BCUT2D eigenvalue weighted by atomic mass is 16.2. The molecule has 25 heavy (non-hydrogen) atoms. The van der Waals surface area contributed by atoms with Crippen molar-refractivity contribution < 1.29 is 4.79 Å². The maximum Gasteiger partial charge on any atom is 0.270 e. The number of hydrogen-bond donors (Lipinski definition) is 2. The Balaban J connectivity index is 1.74. The van der Waals surface area contributed by atoms with Crippen molar-refractivity contribution in [3.63, 3.8) is 0 Å². The van der Waals surface area contributed by atoms with Crippen molar-refractivity contribution in [3.8, 4) is 0 Å². The molecule has 1 amide bonds. The van der Waals surface area contributed by atoms with E-state index in [1.165, 1.54) is 6.21 Å². The van der Waals surface area contributed by atoms with E-state index in [1.807, 2.05) is 26.0 Å². The van der Waals surface area contributed by atoms with Crippen molar-refractivity contribution in [2.45, 2.75) is 20.3 Å². The number of aromatic nitrogens is 3. The van der Waals surface area contributed by atoms with Gasteiger partial charge >= 0.3 is 0 Å². The Bertz CT molecular complexity index is 1010. The van der Waals surface area contributed by atoms with Crippen molar-refractivity contribution in [1.82, 2.24) is 20.4 Å². The zero-order valence-electron chi connectivity index (χ0n) is 13.9. The second-order valence-electron chi connectivity index (χ2n) is 5.72. The summed E-state index contributed by atoms with van der Waals surface area (Å²) < 4.78 is 0. The largest absolute Gasteiger partial charge is 0.319 e. The van der Waals surface area contributed by atoms with Crippen LogP contribution in [0.15, 0.2) is 46.6 Å². The lowest BCUT2D eigenvalue weighted by molar-refractivity contribution is -0.120. The van der Waals surface area contributed by atoms with Gasteiger partial charge in [-0.25, -0.2) is 10.4 Å². The molecule has 2 heterocycles. The number of pyridine rings is 1. The predicted molar refractivity (Wildman–Crippen MR) is 95.5 cm³/mol. The highest BCUT2D eigenvalue weighted by molar-refractivity contribution is 5.83. The summed E-state index contributed by atoms with van der Waals surface area (Å²) in [6, 6.07) is 7.29. The zero-order chi connectivity index (χ0) is 17.8. The molecule has 0 saturated heterocycles. The summed E-state index contributed by atoms with van der Waals surface area (Å²) in [6.45, 7) is 3.94. The van der Waals surface area contributed by atoms with Crippen molar-refractivity contribution in [2.75, 3.05) is 0 Å². The lowest BCUT2D eigenvalue weighted by Crippen LogP contribution is -2.25. The van der Waals surface area contributed by atoms with Gasteiger partial charge in [0.05, 0.1) is 23.7 Å². The van der Waals surface area contributed by atoms with Crippen LogP contribution in [0.25, 0.3) is 11.0 Å². The van der Waals surface area contributed by atoms with Gasteiger partial charge < -0.3 is 4.98 Å². The number of carbonyl (C=O) groups excluding carboxylic acids is 1. The van der Waals surface area contributed by atoms with Crippen molar-refractivity contribution in [2.24, 2.45) is 5.10 Å². The minimum Gasteiger partial charge on any atom is -0.319 e. The molecule has 0 bridgehead atoms. The van der Waals surface area contributed by atoms with E-state index in [9.17, 15) is 9.59 Å². The molecular formula is C18H17N5O2. The quantitative estimate of drug-likeness (QED) is 0.559. The van der Waals surface area contributed by atoms with E-state index in [-0.39, 0.29) is 17.7 Å². The molecule has 1 aromatic carbocycles. The Labute approximate surface area is 143 Å². The minimum atomic E-state index is -0.411. The van der Waals surface area contributed by atoms with Crippen LogP contribution in [0.2, 0.25) is 0 Å². The molecule has 0 atom stereocenters. The first-order valence-electron chi connectivity index (χ1n) is 7.75. The Morgan fingerprint density at radius 3 is 2.72 bits per heavy atom. The molecular weight excluding hydrogens is 318 g/mol. The second kappa shape index (κ2) is 7.04. The van der Waals surface area contributed by atoms with Gasteiger partial charge in [-0.3, -0.25) is 14.6 Å². The average Bonchev–Trinajstić information content (AvgIpc) is 2.58. The van der Waals surface area contributed by atoms with Crippen molar-refractivity contribution in [1.29, 1.82) is 0 Å². The van der Waals surface area contributed by atoms with Crippen molar-refractivity contribution in [3.05, 3.63) is 69.4 Å². The van der Waals surface area contributed by atoms with Gasteiger partial charge in [0.25, 0.3) is 5.56 Å². The van der Waals surface area contributed by atoms with Gasteiger partial charge in [0.2, 0.25) is 5.91 Å². The van der Waals surface area contributed by atoms with Crippen LogP contribution in [0.4, 0.5) is 0 Å². The number of hydrogen-bond acceptors (Lipinski definition) is 5. The Kier molecular flexibility index (Phi) is 4.65. The summed E-state index contributed by atoms with van der Waals surface area (Å²) in [4.78, 5) is 35.1. The molecule has 0 spiro atoms. The third-order valence-electron chi connectivity index (χ3n) is 3.81. The number of aromatic amines is 1. The molecule has 0 unspecified atom stereocenters. The summed E-state index contributed by atoms with van der Waals surface area (Å²) >= 11 is 0. The molecule has 0 aliphatic carbocycles. The van der Waals surface area contributed by atoms with E-state index in [0.717, 1.165) is 16.7 Å².